The molecule has 1 fully saturated rings. The number of nitrogens with zero attached hydrogens (tertiary/aromatic N) is 1. The predicted octanol–water partition coefficient (Wildman–Crippen LogP) is 0.899. The van der Waals surface area contributed by atoms with Crippen molar-refractivity contribution in [1.82, 2.24) is 10.3 Å². The van der Waals surface area contributed by atoms with E-state index in [0.717, 1.165) is 18.5 Å². The average Bonchev–Trinajstić information content (AvgIpc) is 2.24. The number of nitrogens with one attached hydrogen (secondary N) is 1. The van der Waals surface area contributed by atoms with Gasteiger partial charge in [-0.1, -0.05) is 0 Å². The zero-order chi connectivity index (χ0) is 11.4. The molecule has 1 saturated carbocycles. The van der Waals surface area contributed by atoms with Gasteiger partial charge in [-0.25, -0.2) is 0 Å². The smallest absolute Gasteiger partial charge is 0.251 e. The van der Waals surface area contributed by atoms with Crippen LogP contribution in [0.15, 0.2) is 18.3 Å². The van der Waals surface area contributed by atoms with Gasteiger partial charge in [-0.15, -0.1) is 0 Å². The molecule has 4 nitrogen and oxygen atoms in total. The van der Waals surface area contributed by atoms with Gasteiger partial charge >= 0.3 is 0 Å². The summed E-state index contributed by atoms with van der Waals surface area (Å²) in [6, 6.07) is 3.79. The second-order valence-electron chi connectivity index (χ2n) is 4.11. The summed E-state index contributed by atoms with van der Waals surface area (Å²) in [5.74, 6) is -0.0358. The Bertz CT molecular complexity index is 375. The number of hydrogen-bond donors (Lipinski definition) is 2. The maximum atomic E-state index is 11.8. The standard InChI is InChI=1S/C12H16N2O2/c15-7-5-11-8-9(4-6-13-11)12(16)14-10-2-1-3-10/h4,6,8,10,15H,1-3,5,7H2,(H,14,16). The highest BCUT2D eigenvalue weighted by Crippen LogP contribution is 2.18. The number of carbonyl (C=O) groups is 1. The van der Waals surface area contributed by atoms with E-state index in [1.807, 2.05) is 0 Å². The van der Waals surface area contributed by atoms with E-state index in [-0.39, 0.29) is 12.5 Å². The van der Waals surface area contributed by atoms with Crippen LogP contribution in [0.3, 0.4) is 0 Å². The van der Waals surface area contributed by atoms with E-state index in [1.165, 1.54) is 6.42 Å². The van der Waals surface area contributed by atoms with Crippen molar-refractivity contribution in [2.24, 2.45) is 0 Å². The minimum absolute atomic E-state index is 0.0358. The van der Waals surface area contributed by atoms with Crippen LogP contribution in [0.4, 0.5) is 0 Å². The fourth-order valence-corrected chi connectivity index (χ4v) is 1.69. The average molecular weight is 220 g/mol. The first kappa shape index (κ1) is 11.1. The molecule has 1 aromatic rings. The minimum Gasteiger partial charge on any atom is -0.396 e. The molecule has 0 saturated heterocycles. The summed E-state index contributed by atoms with van der Waals surface area (Å²) < 4.78 is 0. The van der Waals surface area contributed by atoms with E-state index in [9.17, 15) is 4.79 Å². The molecule has 0 aliphatic heterocycles. The van der Waals surface area contributed by atoms with Crippen molar-refractivity contribution in [2.45, 2.75) is 31.7 Å². The number of aliphatic hydroxyl groups excluding tert-OH is 1. The third-order valence-corrected chi connectivity index (χ3v) is 2.89. The summed E-state index contributed by atoms with van der Waals surface area (Å²) in [7, 11) is 0. The summed E-state index contributed by atoms with van der Waals surface area (Å²) in [4.78, 5) is 15.9. The van der Waals surface area contributed by atoms with E-state index >= 15 is 0 Å². The van der Waals surface area contributed by atoms with Crippen LogP contribution < -0.4 is 5.32 Å². The molecule has 0 radical (unpaired) electrons. The molecular formula is C12H16N2O2. The second-order valence-corrected chi connectivity index (χ2v) is 4.11. The number of aromatic nitrogens is 1. The van der Waals surface area contributed by atoms with Crippen molar-refractivity contribution in [2.75, 3.05) is 6.61 Å². The molecule has 86 valence electrons. The van der Waals surface area contributed by atoms with Crippen molar-refractivity contribution in [3.8, 4) is 0 Å². The van der Waals surface area contributed by atoms with Crippen LogP contribution in [-0.2, 0) is 6.42 Å². The van der Waals surface area contributed by atoms with Crippen molar-refractivity contribution >= 4 is 5.91 Å². The topological polar surface area (TPSA) is 62.2 Å². The molecule has 0 atom stereocenters. The van der Waals surface area contributed by atoms with E-state index in [4.69, 9.17) is 5.11 Å². The Balaban J connectivity index is 2.00. The lowest BCUT2D eigenvalue weighted by molar-refractivity contribution is 0.0916. The molecule has 1 aromatic heterocycles. The lowest BCUT2D eigenvalue weighted by Gasteiger charge is -2.26. The third kappa shape index (κ3) is 2.58. The maximum absolute atomic E-state index is 11.8. The van der Waals surface area contributed by atoms with Crippen LogP contribution in [0.25, 0.3) is 0 Å². The van der Waals surface area contributed by atoms with Crippen LogP contribution in [0, 0.1) is 0 Å². The number of hydrogen-bond acceptors (Lipinski definition) is 3. The zero-order valence-corrected chi connectivity index (χ0v) is 9.15. The first-order valence-electron chi connectivity index (χ1n) is 5.66. The van der Waals surface area contributed by atoms with Gasteiger partial charge in [0, 0.05) is 36.5 Å². The molecule has 0 aromatic carbocycles. The fraction of sp³-hybridized carbons (Fsp3) is 0.500. The SMILES string of the molecule is O=C(NC1CCC1)c1ccnc(CCO)c1. The lowest BCUT2D eigenvalue weighted by atomic mass is 9.93. The first-order valence-corrected chi connectivity index (χ1v) is 5.66. The number of pyridine rings is 1. The van der Waals surface area contributed by atoms with Gasteiger partial charge in [0.25, 0.3) is 5.91 Å². The molecule has 1 heterocycles. The van der Waals surface area contributed by atoms with Gasteiger partial charge in [-0.2, -0.15) is 0 Å². The quantitative estimate of drug-likeness (QED) is 0.792. The summed E-state index contributed by atoms with van der Waals surface area (Å²) in [6.45, 7) is 0.0562. The molecule has 1 aliphatic rings. The van der Waals surface area contributed by atoms with E-state index in [1.54, 1.807) is 18.3 Å². The number of rotatable bonds is 4. The molecule has 4 heteroatoms. The van der Waals surface area contributed by atoms with Crippen molar-refractivity contribution in [3.05, 3.63) is 29.6 Å². The van der Waals surface area contributed by atoms with Gasteiger partial charge in [0.05, 0.1) is 0 Å². The van der Waals surface area contributed by atoms with Crippen molar-refractivity contribution < 1.29 is 9.90 Å². The van der Waals surface area contributed by atoms with Crippen LogP contribution in [-0.4, -0.2) is 28.6 Å². The van der Waals surface area contributed by atoms with Gasteiger partial charge in [0.2, 0.25) is 0 Å². The molecule has 0 unspecified atom stereocenters. The van der Waals surface area contributed by atoms with Gasteiger partial charge in [-0.3, -0.25) is 9.78 Å². The highest BCUT2D eigenvalue weighted by Gasteiger charge is 2.20. The van der Waals surface area contributed by atoms with Gasteiger partial charge in [0.15, 0.2) is 0 Å². The predicted molar refractivity (Wildman–Crippen MR) is 60.1 cm³/mol. The summed E-state index contributed by atoms with van der Waals surface area (Å²) in [5, 5.41) is 11.8. The highest BCUT2D eigenvalue weighted by molar-refractivity contribution is 5.94. The molecule has 1 amide bonds. The Morgan fingerprint density at radius 2 is 2.38 bits per heavy atom. The molecule has 0 bridgehead atoms. The minimum atomic E-state index is -0.0358. The van der Waals surface area contributed by atoms with Crippen LogP contribution in [0.5, 0.6) is 0 Å². The van der Waals surface area contributed by atoms with Gasteiger partial charge < -0.3 is 10.4 Å². The molecule has 2 N–H and O–H groups in total. The van der Waals surface area contributed by atoms with Crippen molar-refractivity contribution in [3.63, 3.8) is 0 Å². The Hall–Kier alpha value is -1.42. The highest BCUT2D eigenvalue weighted by atomic mass is 16.3. The largest absolute Gasteiger partial charge is 0.396 e. The number of carbonyl (C=O) groups excluding carboxylic acids is 1. The van der Waals surface area contributed by atoms with Crippen LogP contribution in [0.1, 0.15) is 35.3 Å². The maximum Gasteiger partial charge on any atom is 0.251 e. The summed E-state index contributed by atoms with van der Waals surface area (Å²) in [6.07, 6.45) is 5.48. The molecule has 16 heavy (non-hydrogen) atoms. The van der Waals surface area contributed by atoms with Crippen LogP contribution in [0.2, 0.25) is 0 Å². The Labute approximate surface area is 94.7 Å². The lowest BCUT2D eigenvalue weighted by Crippen LogP contribution is -2.39. The molecule has 0 spiro atoms. The fourth-order valence-electron chi connectivity index (χ4n) is 1.69. The van der Waals surface area contributed by atoms with Crippen LogP contribution >= 0.6 is 0 Å². The summed E-state index contributed by atoms with van der Waals surface area (Å²) >= 11 is 0. The van der Waals surface area contributed by atoms with Gasteiger partial charge in [-0.05, 0) is 31.4 Å². The monoisotopic (exact) mass is 220 g/mol. The first-order chi connectivity index (χ1) is 7.79. The third-order valence-electron chi connectivity index (χ3n) is 2.89. The second kappa shape index (κ2) is 5.07. The van der Waals surface area contributed by atoms with Crippen molar-refractivity contribution in [1.29, 1.82) is 0 Å². The molecule has 2 rings (SSSR count). The zero-order valence-electron chi connectivity index (χ0n) is 9.15. The molecular weight excluding hydrogens is 204 g/mol. The Kier molecular flexibility index (Phi) is 3.51. The van der Waals surface area contributed by atoms with Gasteiger partial charge in [0.1, 0.15) is 0 Å². The number of aliphatic hydroxyl groups is 1. The normalized spacial score (nSPS) is 15.6. The molecule has 1 aliphatic carbocycles. The van der Waals surface area contributed by atoms with E-state index < -0.39 is 0 Å². The number of amides is 1. The Morgan fingerprint density at radius 3 is 3.00 bits per heavy atom. The van der Waals surface area contributed by atoms with E-state index in [0.29, 0.717) is 18.0 Å². The van der Waals surface area contributed by atoms with E-state index in [2.05, 4.69) is 10.3 Å². The Morgan fingerprint density at radius 1 is 1.56 bits per heavy atom. The summed E-state index contributed by atoms with van der Waals surface area (Å²) in [5.41, 5.74) is 1.38.